The molecule has 0 aliphatic rings. The first kappa shape index (κ1) is 9.22. The Bertz CT molecular complexity index is 138. The highest BCUT2D eigenvalue weighted by atomic mass is 13.9. The van der Waals surface area contributed by atoms with Gasteiger partial charge in [0.1, 0.15) is 0 Å². The Morgan fingerprint density at radius 2 is 2.20 bits per heavy atom. The van der Waals surface area contributed by atoms with Gasteiger partial charge < -0.3 is 0 Å². The highest BCUT2D eigenvalue weighted by Gasteiger charge is 1.80. The summed E-state index contributed by atoms with van der Waals surface area (Å²) in [6.45, 7) is 7.90. The summed E-state index contributed by atoms with van der Waals surface area (Å²) in [5, 5.41) is 0. The van der Waals surface area contributed by atoms with Gasteiger partial charge in [-0.3, -0.25) is 0 Å². The van der Waals surface area contributed by atoms with Crippen LogP contribution >= 0.6 is 0 Å². The van der Waals surface area contributed by atoms with Gasteiger partial charge in [-0.2, -0.15) is 0 Å². The van der Waals surface area contributed by atoms with Crippen LogP contribution in [0, 0.1) is 0 Å². The van der Waals surface area contributed by atoms with Gasteiger partial charge in [-0.25, -0.2) is 0 Å². The maximum atomic E-state index is 3.60. The molecule has 0 spiro atoms. The molecule has 0 nitrogen and oxygen atoms in total. The van der Waals surface area contributed by atoms with E-state index >= 15 is 0 Å². The Labute approximate surface area is 64.0 Å². The van der Waals surface area contributed by atoms with E-state index in [1.165, 1.54) is 5.57 Å². The molecule has 0 unspecified atom stereocenters. The van der Waals surface area contributed by atoms with Crippen LogP contribution in [-0.4, -0.2) is 0 Å². The van der Waals surface area contributed by atoms with E-state index in [9.17, 15) is 0 Å². The molecule has 0 amide bonds. The van der Waals surface area contributed by atoms with Crippen LogP contribution in [-0.2, 0) is 0 Å². The second-order valence-electron chi connectivity index (χ2n) is 2.33. The van der Waals surface area contributed by atoms with Gasteiger partial charge in [0.25, 0.3) is 0 Å². The lowest BCUT2D eigenvalue weighted by Crippen LogP contribution is -1.70. The van der Waals surface area contributed by atoms with Crippen LogP contribution in [0.5, 0.6) is 0 Å². The highest BCUT2D eigenvalue weighted by molar-refractivity contribution is 5.07. The molecule has 0 N–H and O–H groups in total. The number of rotatable bonds is 4. The van der Waals surface area contributed by atoms with E-state index in [1.807, 2.05) is 6.08 Å². The molecule has 0 aromatic carbocycles. The summed E-state index contributed by atoms with van der Waals surface area (Å²) < 4.78 is 0. The number of allylic oxidation sites excluding steroid dienone is 5. The number of hydrogen-bond donors (Lipinski definition) is 0. The lowest BCUT2D eigenvalue weighted by molar-refractivity contribution is 1.12. The Hall–Kier alpha value is -0.780. The maximum absolute atomic E-state index is 3.60. The van der Waals surface area contributed by atoms with Crippen LogP contribution < -0.4 is 0 Å². The quantitative estimate of drug-likeness (QED) is 0.410. The van der Waals surface area contributed by atoms with E-state index in [0.717, 1.165) is 12.8 Å². The van der Waals surface area contributed by atoms with Gasteiger partial charge in [-0.05, 0) is 19.8 Å². The molecule has 0 heteroatoms. The molecule has 56 valence electrons. The van der Waals surface area contributed by atoms with Gasteiger partial charge in [-0.1, -0.05) is 43.4 Å². The van der Waals surface area contributed by atoms with Crippen LogP contribution in [0.1, 0.15) is 26.7 Å². The third-order valence-corrected chi connectivity index (χ3v) is 1.26. The number of hydrogen-bond acceptors (Lipinski definition) is 0. The SMILES string of the molecule is C=C/C=C\C/C(C)=C\CC. The van der Waals surface area contributed by atoms with Crippen LogP contribution in [0.15, 0.2) is 36.5 Å². The van der Waals surface area contributed by atoms with Crippen molar-refractivity contribution in [1.29, 1.82) is 0 Å². The fourth-order valence-electron chi connectivity index (χ4n) is 0.782. The molecule has 0 atom stereocenters. The summed E-state index contributed by atoms with van der Waals surface area (Å²) in [5.41, 5.74) is 1.43. The van der Waals surface area contributed by atoms with Crippen molar-refractivity contribution in [2.45, 2.75) is 26.7 Å². The summed E-state index contributed by atoms with van der Waals surface area (Å²) in [6, 6.07) is 0. The zero-order valence-corrected chi connectivity index (χ0v) is 6.93. The van der Waals surface area contributed by atoms with E-state index in [4.69, 9.17) is 0 Å². The molecule has 0 saturated heterocycles. The van der Waals surface area contributed by atoms with Crippen LogP contribution in [0.25, 0.3) is 0 Å². The highest BCUT2D eigenvalue weighted by Crippen LogP contribution is 2.01. The molecule has 0 radical (unpaired) electrons. The minimum atomic E-state index is 1.06. The molecule has 10 heavy (non-hydrogen) atoms. The van der Waals surface area contributed by atoms with E-state index in [1.54, 1.807) is 6.08 Å². The summed E-state index contributed by atoms with van der Waals surface area (Å²) in [7, 11) is 0. The van der Waals surface area contributed by atoms with Crippen LogP contribution in [0.3, 0.4) is 0 Å². The fourth-order valence-corrected chi connectivity index (χ4v) is 0.782. The Morgan fingerprint density at radius 1 is 1.50 bits per heavy atom. The van der Waals surface area contributed by atoms with Gasteiger partial charge in [0, 0.05) is 0 Å². The zero-order chi connectivity index (χ0) is 7.82. The first-order valence-electron chi connectivity index (χ1n) is 3.74. The zero-order valence-electron chi connectivity index (χ0n) is 6.93. The van der Waals surface area contributed by atoms with Crippen molar-refractivity contribution < 1.29 is 0 Å². The van der Waals surface area contributed by atoms with Gasteiger partial charge in [0.15, 0.2) is 0 Å². The minimum absolute atomic E-state index is 1.06. The lowest BCUT2D eigenvalue weighted by atomic mass is 10.2. The van der Waals surface area contributed by atoms with Crippen molar-refractivity contribution in [3.05, 3.63) is 36.5 Å². The summed E-state index contributed by atoms with van der Waals surface area (Å²) in [5.74, 6) is 0. The summed E-state index contributed by atoms with van der Waals surface area (Å²) in [6.07, 6.45) is 10.3. The largest absolute Gasteiger partial charge is 0.0991 e. The Kier molecular flexibility index (Phi) is 5.85. The second kappa shape index (κ2) is 6.34. The van der Waals surface area contributed by atoms with Crippen LogP contribution in [0.2, 0.25) is 0 Å². The van der Waals surface area contributed by atoms with Gasteiger partial charge >= 0.3 is 0 Å². The van der Waals surface area contributed by atoms with E-state index < -0.39 is 0 Å². The van der Waals surface area contributed by atoms with Crippen molar-refractivity contribution in [1.82, 2.24) is 0 Å². The van der Waals surface area contributed by atoms with Crippen molar-refractivity contribution in [2.75, 3.05) is 0 Å². The monoisotopic (exact) mass is 136 g/mol. The molecular weight excluding hydrogens is 120 g/mol. The predicted molar refractivity (Wildman–Crippen MR) is 48.0 cm³/mol. The van der Waals surface area contributed by atoms with Gasteiger partial charge in [0.2, 0.25) is 0 Å². The fraction of sp³-hybridized carbons (Fsp3) is 0.400. The molecule has 0 bridgehead atoms. The van der Waals surface area contributed by atoms with Crippen molar-refractivity contribution >= 4 is 0 Å². The van der Waals surface area contributed by atoms with E-state index in [2.05, 4.69) is 32.6 Å². The Morgan fingerprint density at radius 3 is 2.70 bits per heavy atom. The van der Waals surface area contributed by atoms with Gasteiger partial charge in [0.05, 0.1) is 0 Å². The third kappa shape index (κ3) is 5.36. The molecule has 0 aromatic heterocycles. The summed E-state index contributed by atoms with van der Waals surface area (Å²) >= 11 is 0. The summed E-state index contributed by atoms with van der Waals surface area (Å²) in [4.78, 5) is 0. The van der Waals surface area contributed by atoms with Gasteiger partial charge in [-0.15, -0.1) is 0 Å². The van der Waals surface area contributed by atoms with E-state index in [-0.39, 0.29) is 0 Å². The van der Waals surface area contributed by atoms with Crippen LogP contribution in [0.4, 0.5) is 0 Å². The molecule has 0 fully saturated rings. The van der Waals surface area contributed by atoms with E-state index in [0.29, 0.717) is 0 Å². The van der Waals surface area contributed by atoms with Crippen molar-refractivity contribution in [3.8, 4) is 0 Å². The molecule has 0 aliphatic heterocycles. The average molecular weight is 136 g/mol. The van der Waals surface area contributed by atoms with Crippen molar-refractivity contribution in [2.24, 2.45) is 0 Å². The second-order valence-corrected chi connectivity index (χ2v) is 2.33. The standard InChI is InChI=1S/C10H16/c1-4-6-7-9-10(3)8-5-2/h4,6-8H,1,5,9H2,2-3H3/b7-6-,10-8-. The molecule has 0 saturated carbocycles. The minimum Gasteiger partial charge on any atom is -0.0991 e. The maximum Gasteiger partial charge on any atom is -0.0138 e. The first-order valence-corrected chi connectivity index (χ1v) is 3.74. The third-order valence-electron chi connectivity index (χ3n) is 1.26. The Balaban J connectivity index is 3.57. The smallest absolute Gasteiger partial charge is 0.0138 e. The van der Waals surface area contributed by atoms with Crippen molar-refractivity contribution in [3.63, 3.8) is 0 Å². The lowest BCUT2D eigenvalue weighted by Gasteiger charge is -1.91. The average Bonchev–Trinajstić information content (AvgIpc) is 1.89. The topological polar surface area (TPSA) is 0 Å². The molecule has 0 heterocycles. The molecular formula is C10H16. The first-order chi connectivity index (χ1) is 4.81. The molecule has 0 aromatic rings. The normalized spacial score (nSPS) is 12.4. The predicted octanol–water partition coefficient (Wildman–Crippen LogP) is 3.48. The molecule has 0 rings (SSSR count). The molecule has 0 aliphatic carbocycles.